The molecular formula is C12H15ClF3NO2. The molecule has 1 aromatic carbocycles. The number of hydrogen-bond acceptors (Lipinski definition) is 3. The van der Waals surface area contributed by atoms with Crippen LogP contribution >= 0.6 is 12.4 Å². The van der Waals surface area contributed by atoms with Gasteiger partial charge in [0.25, 0.3) is 0 Å². The van der Waals surface area contributed by atoms with Crippen molar-refractivity contribution < 1.29 is 22.7 Å². The average molecular weight is 298 g/mol. The first-order valence-corrected chi connectivity index (χ1v) is 5.37. The molecule has 0 heterocycles. The van der Waals surface area contributed by atoms with Crippen LogP contribution in [0.1, 0.15) is 24.1 Å². The first-order valence-electron chi connectivity index (χ1n) is 5.37. The van der Waals surface area contributed by atoms with Gasteiger partial charge in [-0.25, -0.2) is 9.18 Å². The Labute approximate surface area is 115 Å². The number of esters is 1. The molecule has 0 aliphatic carbocycles. The number of aryl methyl sites for hydroxylation is 1. The third-order valence-electron chi connectivity index (χ3n) is 2.48. The van der Waals surface area contributed by atoms with E-state index in [0.717, 1.165) is 12.1 Å². The summed E-state index contributed by atoms with van der Waals surface area (Å²) in [5.74, 6) is -6.05. The van der Waals surface area contributed by atoms with E-state index < -0.39 is 23.8 Å². The number of halogens is 4. The number of carbonyl (C=O) groups is 1. The van der Waals surface area contributed by atoms with Crippen molar-refractivity contribution in [2.45, 2.75) is 25.8 Å². The topological polar surface area (TPSA) is 52.3 Å². The highest BCUT2D eigenvalue weighted by Crippen LogP contribution is 2.31. The van der Waals surface area contributed by atoms with Gasteiger partial charge in [0.2, 0.25) is 0 Å². The average Bonchev–Trinajstić information content (AvgIpc) is 2.32. The maximum Gasteiger partial charge on any atom is 0.379 e. The summed E-state index contributed by atoms with van der Waals surface area (Å²) in [4.78, 5) is 11.1. The first-order chi connectivity index (χ1) is 8.30. The van der Waals surface area contributed by atoms with Gasteiger partial charge >= 0.3 is 11.9 Å². The van der Waals surface area contributed by atoms with E-state index in [1.165, 1.54) is 19.9 Å². The van der Waals surface area contributed by atoms with E-state index in [2.05, 4.69) is 4.74 Å². The molecule has 0 spiro atoms. The highest BCUT2D eigenvalue weighted by atomic mass is 35.5. The zero-order valence-corrected chi connectivity index (χ0v) is 11.3. The van der Waals surface area contributed by atoms with Crippen LogP contribution in [0.25, 0.3) is 0 Å². The quantitative estimate of drug-likeness (QED) is 0.870. The monoisotopic (exact) mass is 297 g/mol. The lowest BCUT2D eigenvalue weighted by molar-refractivity contribution is -0.174. The molecule has 0 radical (unpaired) electrons. The van der Waals surface area contributed by atoms with Crippen LogP contribution in [0.2, 0.25) is 0 Å². The lowest BCUT2D eigenvalue weighted by Gasteiger charge is -2.22. The van der Waals surface area contributed by atoms with Crippen molar-refractivity contribution in [3.05, 3.63) is 35.1 Å². The Morgan fingerprint density at radius 1 is 1.47 bits per heavy atom. The molecule has 0 amide bonds. The zero-order chi connectivity index (χ0) is 13.9. The molecule has 0 aliphatic rings. The number of alkyl halides is 2. The summed E-state index contributed by atoms with van der Waals surface area (Å²) >= 11 is 0. The Hall–Kier alpha value is -1.27. The predicted molar refractivity (Wildman–Crippen MR) is 66.9 cm³/mol. The van der Waals surface area contributed by atoms with Crippen LogP contribution in [-0.4, -0.2) is 18.5 Å². The van der Waals surface area contributed by atoms with Crippen molar-refractivity contribution in [2.75, 3.05) is 6.61 Å². The fourth-order valence-corrected chi connectivity index (χ4v) is 1.42. The van der Waals surface area contributed by atoms with Crippen molar-refractivity contribution in [2.24, 2.45) is 5.73 Å². The molecule has 19 heavy (non-hydrogen) atoms. The number of benzene rings is 1. The minimum absolute atomic E-state index is 0. The molecule has 1 rings (SSSR count). The summed E-state index contributed by atoms with van der Waals surface area (Å²) in [6, 6.07) is 1.48. The van der Waals surface area contributed by atoms with Crippen LogP contribution in [0.5, 0.6) is 0 Å². The molecule has 0 saturated carbocycles. The molecule has 2 N–H and O–H groups in total. The second-order valence-electron chi connectivity index (χ2n) is 3.83. The molecule has 0 aliphatic heterocycles. The minimum Gasteiger partial charge on any atom is -0.462 e. The van der Waals surface area contributed by atoms with E-state index in [9.17, 15) is 18.0 Å². The molecule has 7 heteroatoms. The fourth-order valence-electron chi connectivity index (χ4n) is 1.42. The predicted octanol–water partition coefficient (Wildman–Crippen LogP) is 2.75. The van der Waals surface area contributed by atoms with E-state index >= 15 is 0 Å². The second-order valence-corrected chi connectivity index (χ2v) is 3.83. The molecule has 3 nitrogen and oxygen atoms in total. The molecular weight excluding hydrogens is 283 g/mol. The maximum atomic E-state index is 13.6. The number of ether oxygens (including phenoxy) is 1. The molecule has 0 aromatic heterocycles. The second kappa shape index (κ2) is 6.77. The first kappa shape index (κ1) is 17.7. The number of nitrogens with two attached hydrogens (primary N) is 1. The van der Waals surface area contributed by atoms with Crippen LogP contribution in [-0.2, 0) is 9.53 Å². The molecule has 1 atom stereocenters. The van der Waals surface area contributed by atoms with E-state index in [1.54, 1.807) is 0 Å². The summed E-state index contributed by atoms with van der Waals surface area (Å²) in [6.45, 7) is 2.68. The van der Waals surface area contributed by atoms with Gasteiger partial charge < -0.3 is 10.5 Å². The Morgan fingerprint density at radius 2 is 2.05 bits per heavy atom. The molecule has 1 aromatic rings. The SMILES string of the molecule is CCOC(=O)C(F)(F)[C@H](N)c1ccc(F)c(C)c1.Cl. The summed E-state index contributed by atoms with van der Waals surface area (Å²) < 4.78 is 44.5. The summed E-state index contributed by atoms with van der Waals surface area (Å²) in [5.41, 5.74) is 5.51. The van der Waals surface area contributed by atoms with Crippen molar-refractivity contribution in [3.8, 4) is 0 Å². The van der Waals surface area contributed by atoms with Crippen LogP contribution < -0.4 is 5.73 Å². The van der Waals surface area contributed by atoms with Crippen molar-refractivity contribution in [1.82, 2.24) is 0 Å². The van der Waals surface area contributed by atoms with Crippen LogP contribution in [0, 0.1) is 12.7 Å². The standard InChI is InChI=1S/C12H14F3NO2.ClH/c1-3-18-11(17)12(14,15)10(16)8-4-5-9(13)7(2)6-8;/h4-6,10H,3,16H2,1-2H3;1H/t10-;/m1./s1. The van der Waals surface area contributed by atoms with Gasteiger partial charge in [-0.2, -0.15) is 8.78 Å². The van der Waals surface area contributed by atoms with Gasteiger partial charge in [0, 0.05) is 0 Å². The Kier molecular flexibility index (Phi) is 6.32. The molecule has 0 fully saturated rings. The lowest BCUT2D eigenvalue weighted by Crippen LogP contribution is -2.41. The van der Waals surface area contributed by atoms with Gasteiger partial charge in [-0.3, -0.25) is 0 Å². The van der Waals surface area contributed by atoms with Gasteiger partial charge in [0.15, 0.2) is 0 Å². The highest BCUT2D eigenvalue weighted by Gasteiger charge is 2.47. The van der Waals surface area contributed by atoms with E-state index in [4.69, 9.17) is 5.73 Å². The third-order valence-corrected chi connectivity index (χ3v) is 2.48. The third kappa shape index (κ3) is 3.84. The van der Waals surface area contributed by atoms with Gasteiger partial charge in [-0.15, -0.1) is 12.4 Å². The normalized spacial score (nSPS) is 12.5. The van der Waals surface area contributed by atoms with Crippen molar-refractivity contribution in [1.29, 1.82) is 0 Å². The summed E-state index contributed by atoms with van der Waals surface area (Å²) in [5, 5.41) is 0. The summed E-state index contributed by atoms with van der Waals surface area (Å²) in [7, 11) is 0. The largest absolute Gasteiger partial charge is 0.462 e. The summed E-state index contributed by atoms with van der Waals surface area (Å²) in [6.07, 6.45) is 0. The Bertz CT molecular complexity index is 455. The highest BCUT2D eigenvalue weighted by molar-refractivity contribution is 5.85. The van der Waals surface area contributed by atoms with E-state index in [1.807, 2.05) is 0 Å². The van der Waals surface area contributed by atoms with Crippen molar-refractivity contribution in [3.63, 3.8) is 0 Å². The smallest absolute Gasteiger partial charge is 0.379 e. The minimum atomic E-state index is -3.85. The number of hydrogen-bond donors (Lipinski definition) is 1. The molecule has 0 unspecified atom stereocenters. The fraction of sp³-hybridized carbons (Fsp3) is 0.417. The number of carbonyl (C=O) groups excluding carboxylic acids is 1. The Balaban J connectivity index is 0.00000324. The van der Waals surface area contributed by atoms with Gasteiger partial charge in [0.05, 0.1) is 6.61 Å². The lowest BCUT2D eigenvalue weighted by atomic mass is 9.99. The molecule has 0 bridgehead atoms. The molecule has 0 saturated heterocycles. The van der Waals surface area contributed by atoms with Crippen molar-refractivity contribution >= 4 is 18.4 Å². The maximum absolute atomic E-state index is 13.6. The van der Waals surface area contributed by atoms with Gasteiger partial charge in [-0.1, -0.05) is 12.1 Å². The zero-order valence-electron chi connectivity index (χ0n) is 10.5. The van der Waals surface area contributed by atoms with Gasteiger partial charge in [-0.05, 0) is 31.0 Å². The van der Waals surface area contributed by atoms with E-state index in [0.29, 0.717) is 0 Å². The van der Waals surface area contributed by atoms with E-state index in [-0.39, 0.29) is 30.1 Å². The van der Waals surface area contributed by atoms with Crippen LogP contribution in [0.3, 0.4) is 0 Å². The van der Waals surface area contributed by atoms with Crippen LogP contribution in [0.15, 0.2) is 18.2 Å². The molecule has 108 valence electrons. The Morgan fingerprint density at radius 3 is 2.53 bits per heavy atom. The number of rotatable bonds is 4. The van der Waals surface area contributed by atoms with Gasteiger partial charge in [0.1, 0.15) is 11.9 Å². The van der Waals surface area contributed by atoms with Crippen LogP contribution in [0.4, 0.5) is 13.2 Å².